The van der Waals surface area contributed by atoms with E-state index in [9.17, 15) is 18.0 Å². The summed E-state index contributed by atoms with van der Waals surface area (Å²) in [6, 6.07) is 5.39. The van der Waals surface area contributed by atoms with Gasteiger partial charge in [0.15, 0.2) is 28.4 Å². The summed E-state index contributed by atoms with van der Waals surface area (Å²) in [5, 5.41) is 2.74. The van der Waals surface area contributed by atoms with Gasteiger partial charge in [-0.05, 0) is 24.1 Å². The fourth-order valence-corrected chi connectivity index (χ4v) is 2.24. The van der Waals surface area contributed by atoms with E-state index in [0.29, 0.717) is 13.0 Å². The molecule has 0 aliphatic carbocycles. The van der Waals surface area contributed by atoms with Crippen LogP contribution in [0.3, 0.4) is 0 Å². The number of nitrogens with two attached hydrogens (primary N) is 3. The van der Waals surface area contributed by atoms with Crippen molar-refractivity contribution in [3.63, 3.8) is 0 Å². The van der Waals surface area contributed by atoms with E-state index in [1.165, 1.54) is 24.3 Å². The number of nitrogens with one attached hydrogen (secondary N) is 1. The summed E-state index contributed by atoms with van der Waals surface area (Å²) in [6.45, 7) is 0.314. The van der Waals surface area contributed by atoms with Gasteiger partial charge in [-0.1, -0.05) is 23.7 Å². The molecule has 1 amide bonds. The predicted molar refractivity (Wildman–Crippen MR) is 104 cm³/mol. The number of nitrogen functional groups attached to an aromatic ring is 1. The van der Waals surface area contributed by atoms with Crippen molar-refractivity contribution in [2.75, 3.05) is 17.6 Å². The van der Waals surface area contributed by atoms with E-state index >= 15 is 0 Å². The summed E-state index contributed by atoms with van der Waals surface area (Å²) in [7, 11) is 0. The van der Waals surface area contributed by atoms with E-state index in [1.54, 1.807) is 0 Å². The largest absolute Gasteiger partial charge is 0.573 e. The van der Waals surface area contributed by atoms with Crippen molar-refractivity contribution >= 4 is 47.5 Å². The molecule has 0 aliphatic rings. The Morgan fingerprint density at radius 1 is 1.21 bits per heavy atom. The van der Waals surface area contributed by atoms with Crippen LogP contribution < -0.4 is 27.3 Å². The smallest absolute Gasteiger partial charge is 0.406 e. The number of rotatable bonds is 6. The van der Waals surface area contributed by atoms with Crippen LogP contribution in [-0.2, 0) is 6.42 Å². The van der Waals surface area contributed by atoms with Crippen LogP contribution in [0.5, 0.6) is 5.75 Å². The van der Waals surface area contributed by atoms with Gasteiger partial charge in [0, 0.05) is 6.54 Å². The highest BCUT2D eigenvalue weighted by atomic mass is 35.5. The number of hydrogen-bond acceptors (Lipinski definition) is 6. The Kier molecular flexibility index (Phi) is 8.28. The third-order valence-electron chi connectivity index (χ3n) is 3.18. The number of anilines is 2. The van der Waals surface area contributed by atoms with Crippen molar-refractivity contribution < 1.29 is 22.7 Å². The number of ether oxygens (including phenoxy) is 1. The van der Waals surface area contributed by atoms with Crippen molar-refractivity contribution in [1.82, 2.24) is 9.97 Å². The lowest BCUT2D eigenvalue weighted by molar-refractivity contribution is -0.274. The molecule has 0 saturated carbocycles. The minimum absolute atomic E-state index is 0. The fourth-order valence-electron chi connectivity index (χ4n) is 2.05. The number of guanidine groups is 1. The van der Waals surface area contributed by atoms with E-state index in [0.717, 1.165) is 5.56 Å². The molecular formula is C15H16Cl2F3N7O2. The van der Waals surface area contributed by atoms with Gasteiger partial charge in [0.25, 0.3) is 0 Å². The average molecular weight is 454 g/mol. The van der Waals surface area contributed by atoms with E-state index in [-0.39, 0.29) is 40.6 Å². The van der Waals surface area contributed by atoms with Crippen LogP contribution in [0.2, 0.25) is 5.15 Å². The molecule has 0 fully saturated rings. The normalized spacial score (nSPS) is 10.6. The Hall–Kier alpha value is -2.99. The molecule has 0 atom stereocenters. The lowest BCUT2D eigenvalue weighted by atomic mass is 10.1. The van der Waals surface area contributed by atoms with Gasteiger partial charge < -0.3 is 27.3 Å². The molecule has 0 unspecified atom stereocenters. The molecule has 0 radical (unpaired) electrons. The molecule has 0 spiro atoms. The van der Waals surface area contributed by atoms with E-state index in [4.69, 9.17) is 28.8 Å². The zero-order valence-electron chi connectivity index (χ0n) is 14.5. The third-order valence-corrected chi connectivity index (χ3v) is 3.44. The molecule has 29 heavy (non-hydrogen) atoms. The number of hydrogen-bond donors (Lipinski definition) is 4. The summed E-state index contributed by atoms with van der Waals surface area (Å²) in [4.78, 5) is 22.8. The van der Waals surface area contributed by atoms with E-state index < -0.39 is 18.2 Å². The number of carbonyl (C=O) groups is 1. The number of amides is 1. The molecule has 0 saturated heterocycles. The van der Waals surface area contributed by atoms with Crippen LogP contribution in [0.4, 0.5) is 24.8 Å². The van der Waals surface area contributed by atoms with Crippen LogP contribution in [-0.4, -0.2) is 34.7 Å². The van der Waals surface area contributed by atoms with Gasteiger partial charge in [0.2, 0.25) is 0 Å². The van der Waals surface area contributed by atoms with Gasteiger partial charge in [-0.25, -0.2) is 9.97 Å². The second-order valence-corrected chi connectivity index (χ2v) is 5.67. The second-order valence-electron chi connectivity index (χ2n) is 5.31. The van der Waals surface area contributed by atoms with Crippen molar-refractivity contribution in [3.8, 4) is 5.75 Å². The van der Waals surface area contributed by atoms with E-state index in [2.05, 4.69) is 25.0 Å². The van der Waals surface area contributed by atoms with Crippen molar-refractivity contribution in [2.45, 2.75) is 12.8 Å². The van der Waals surface area contributed by atoms with Crippen molar-refractivity contribution in [3.05, 3.63) is 40.7 Å². The molecule has 2 aromatic rings. The number of aliphatic imine (C=N–C) groups is 1. The van der Waals surface area contributed by atoms with Crippen LogP contribution >= 0.6 is 24.0 Å². The lowest BCUT2D eigenvalue weighted by Crippen LogP contribution is -2.25. The molecule has 1 aromatic heterocycles. The topological polar surface area (TPSA) is 155 Å². The van der Waals surface area contributed by atoms with Crippen LogP contribution in [0, 0.1) is 0 Å². The molecule has 2 rings (SSSR count). The number of carbonyl (C=O) groups excluding carboxylic acids is 1. The van der Waals surface area contributed by atoms with Crippen molar-refractivity contribution in [1.29, 1.82) is 0 Å². The molecular weight excluding hydrogens is 438 g/mol. The minimum Gasteiger partial charge on any atom is -0.406 e. The predicted octanol–water partition coefficient (Wildman–Crippen LogP) is 2.10. The maximum absolute atomic E-state index is 12.1. The van der Waals surface area contributed by atoms with Gasteiger partial charge in [-0.3, -0.25) is 4.79 Å². The maximum Gasteiger partial charge on any atom is 0.573 e. The summed E-state index contributed by atoms with van der Waals surface area (Å²) in [5.74, 6) is -1.77. The first-order valence-electron chi connectivity index (χ1n) is 7.60. The molecule has 9 nitrogen and oxygen atoms in total. The highest BCUT2D eigenvalue weighted by molar-refractivity contribution is 6.32. The standard InChI is InChI=1S/C15H15ClF3N7O2.ClH/c16-10-12(25-11(20)9(24-10)13(27)26-14(21)22)23-6-5-7-1-3-8(4-2-7)28-15(17,18)19;/h1-4H,5-6H2,(H3,20,23,25)(H4,21,22,26,27);1H. The van der Waals surface area contributed by atoms with E-state index in [1.807, 2.05) is 0 Å². The molecule has 7 N–H and O–H groups in total. The fraction of sp³-hybridized carbons (Fsp3) is 0.200. The third kappa shape index (κ3) is 7.50. The van der Waals surface area contributed by atoms with Crippen molar-refractivity contribution in [2.24, 2.45) is 16.5 Å². The minimum atomic E-state index is -4.74. The molecule has 0 aliphatic heterocycles. The number of aromatic nitrogens is 2. The summed E-state index contributed by atoms with van der Waals surface area (Å²) < 4.78 is 40.2. The first-order valence-corrected chi connectivity index (χ1v) is 7.98. The Labute approximate surface area is 173 Å². The molecule has 1 aromatic carbocycles. The SMILES string of the molecule is Cl.NC(N)=NC(=O)c1nc(Cl)c(NCCc2ccc(OC(F)(F)F)cc2)nc1N. The van der Waals surface area contributed by atoms with Gasteiger partial charge in [-0.15, -0.1) is 25.6 Å². The molecule has 0 bridgehead atoms. The van der Waals surface area contributed by atoms with Crippen LogP contribution in [0.1, 0.15) is 16.1 Å². The Balaban J connectivity index is 0.00000420. The highest BCUT2D eigenvalue weighted by Gasteiger charge is 2.30. The Bertz CT molecular complexity index is 889. The first kappa shape index (κ1) is 24.0. The second kappa shape index (κ2) is 9.98. The van der Waals surface area contributed by atoms with Gasteiger partial charge >= 0.3 is 12.3 Å². The van der Waals surface area contributed by atoms with Crippen LogP contribution in [0.15, 0.2) is 29.3 Å². The molecule has 14 heteroatoms. The number of halogens is 5. The van der Waals surface area contributed by atoms with Crippen LogP contribution in [0.25, 0.3) is 0 Å². The van der Waals surface area contributed by atoms with Gasteiger partial charge in [0.1, 0.15) is 5.75 Å². The quantitative estimate of drug-likeness (QED) is 0.382. The summed E-state index contributed by atoms with van der Waals surface area (Å²) >= 11 is 5.97. The zero-order chi connectivity index (χ0) is 20.9. The number of alkyl halides is 3. The average Bonchev–Trinajstić information content (AvgIpc) is 2.57. The molecule has 1 heterocycles. The summed E-state index contributed by atoms with van der Waals surface area (Å²) in [6.07, 6.45) is -4.31. The number of nitrogens with zero attached hydrogens (tertiary/aromatic N) is 3. The monoisotopic (exact) mass is 453 g/mol. The maximum atomic E-state index is 12.1. The Morgan fingerprint density at radius 2 is 1.83 bits per heavy atom. The van der Waals surface area contributed by atoms with Gasteiger partial charge in [-0.2, -0.15) is 4.99 Å². The Morgan fingerprint density at radius 3 is 2.38 bits per heavy atom. The number of benzene rings is 1. The first-order chi connectivity index (χ1) is 13.0. The van der Waals surface area contributed by atoms with Gasteiger partial charge in [0.05, 0.1) is 0 Å². The highest BCUT2D eigenvalue weighted by Crippen LogP contribution is 2.23. The lowest BCUT2D eigenvalue weighted by Gasteiger charge is -2.11. The molecule has 158 valence electrons. The zero-order valence-corrected chi connectivity index (χ0v) is 16.1. The summed E-state index contributed by atoms with van der Waals surface area (Å²) in [5.41, 5.74) is 16.3.